The molecule has 0 saturated heterocycles. The molecule has 0 radical (unpaired) electrons. The lowest BCUT2D eigenvalue weighted by molar-refractivity contribution is 0.250. The van der Waals surface area contributed by atoms with Crippen LogP contribution in [-0.4, -0.2) is 21.6 Å². The van der Waals surface area contributed by atoms with Crippen LogP contribution < -0.4 is 16.3 Å². The number of H-pyrrole nitrogens is 1. The maximum Gasteiger partial charge on any atom is 0.326 e. The Morgan fingerprint density at radius 3 is 2.55 bits per heavy atom. The summed E-state index contributed by atoms with van der Waals surface area (Å²) >= 11 is 0. The first-order valence-electron chi connectivity index (χ1n) is 6.71. The van der Waals surface area contributed by atoms with Gasteiger partial charge in [0.2, 0.25) is 0 Å². The third-order valence-corrected chi connectivity index (χ3v) is 2.94. The van der Waals surface area contributed by atoms with Crippen LogP contribution >= 0.6 is 0 Å². The average molecular weight is 276 g/mol. The van der Waals surface area contributed by atoms with E-state index in [4.69, 9.17) is 0 Å². The second-order valence-corrected chi connectivity index (χ2v) is 5.35. The van der Waals surface area contributed by atoms with Crippen LogP contribution in [0.5, 0.6) is 0 Å². The van der Waals surface area contributed by atoms with Crippen molar-refractivity contribution in [2.45, 2.75) is 39.8 Å². The van der Waals surface area contributed by atoms with Crippen molar-refractivity contribution in [3.63, 3.8) is 0 Å². The number of nitrogens with one attached hydrogen (secondary N) is 3. The van der Waals surface area contributed by atoms with Crippen LogP contribution in [0.4, 0.5) is 10.5 Å². The van der Waals surface area contributed by atoms with Crippen molar-refractivity contribution in [1.29, 1.82) is 0 Å². The van der Waals surface area contributed by atoms with Gasteiger partial charge in [-0.1, -0.05) is 6.07 Å². The van der Waals surface area contributed by atoms with Crippen LogP contribution in [0, 0.1) is 0 Å². The van der Waals surface area contributed by atoms with Crippen molar-refractivity contribution in [2.24, 2.45) is 0 Å². The standard InChI is InChI=1S/C14H20N4O2/c1-8(2)15-13(19)16-10-6-5-7-11-12(10)17-14(20)18(11)9(3)4/h5-9H,1-4H3,(H,17,20)(H2,15,16,19). The topological polar surface area (TPSA) is 78.9 Å². The Labute approximate surface area is 117 Å². The molecule has 0 spiro atoms. The first-order chi connectivity index (χ1) is 9.40. The number of aromatic nitrogens is 2. The number of rotatable bonds is 3. The summed E-state index contributed by atoms with van der Waals surface area (Å²) in [6.07, 6.45) is 0. The molecule has 6 heteroatoms. The molecule has 20 heavy (non-hydrogen) atoms. The van der Waals surface area contributed by atoms with Gasteiger partial charge >= 0.3 is 11.7 Å². The molecule has 108 valence electrons. The van der Waals surface area contributed by atoms with Crippen LogP contribution in [0.2, 0.25) is 0 Å². The summed E-state index contributed by atoms with van der Waals surface area (Å²) in [5.41, 5.74) is 1.85. The number of imidazole rings is 1. The molecule has 0 atom stereocenters. The summed E-state index contributed by atoms with van der Waals surface area (Å²) in [4.78, 5) is 26.5. The summed E-state index contributed by atoms with van der Waals surface area (Å²) in [5, 5.41) is 5.51. The first kappa shape index (κ1) is 14.2. The van der Waals surface area contributed by atoms with Gasteiger partial charge in [-0.25, -0.2) is 9.59 Å². The summed E-state index contributed by atoms with van der Waals surface area (Å²) in [6.45, 7) is 7.66. The molecule has 0 aliphatic heterocycles. The summed E-state index contributed by atoms with van der Waals surface area (Å²) < 4.78 is 1.67. The molecular formula is C14H20N4O2. The highest BCUT2D eigenvalue weighted by molar-refractivity contribution is 5.98. The largest absolute Gasteiger partial charge is 0.336 e. The van der Waals surface area contributed by atoms with Crippen LogP contribution in [-0.2, 0) is 0 Å². The van der Waals surface area contributed by atoms with Crippen LogP contribution in [0.15, 0.2) is 23.0 Å². The van der Waals surface area contributed by atoms with Gasteiger partial charge < -0.3 is 15.6 Å². The molecule has 0 saturated carbocycles. The van der Waals surface area contributed by atoms with Crippen molar-refractivity contribution in [1.82, 2.24) is 14.9 Å². The SMILES string of the molecule is CC(C)NC(=O)Nc1cccc2c1[nH]c(=O)n2C(C)C. The van der Waals surface area contributed by atoms with Crippen molar-refractivity contribution < 1.29 is 4.79 Å². The van der Waals surface area contributed by atoms with Crippen LogP contribution in [0.25, 0.3) is 11.0 Å². The van der Waals surface area contributed by atoms with Crippen molar-refractivity contribution >= 4 is 22.8 Å². The van der Waals surface area contributed by atoms with Gasteiger partial charge in [-0.3, -0.25) is 4.57 Å². The molecule has 1 aromatic carbocycles. The molecule has 0 fully saturated rings. The molecule has 2 aromatic rings. The Kier molecular flexibility index (Phi) is 3.83. The smallest absolute Gasteiger partial charge is 0.326 e. The molecule has 1 heterocycles. The van der Waals surface area contributed by atoms with E-state index in [2.05, 4.69) is 15.6 Å². The number of fused-ring (bicyclic) bond motifs is 1. The summed E-state index contributed by atoms with van der Waals surface area (Å²) in [7, 11) is 0. The van der Waals surface area contributed by atoms with Gasteiger partial charge in [-0.15, -0.1) is 0 Å². The molecule has 0 bridgehead atoms. The van der Waals surface area contributed by atoms with E-state index < -0.39 is 0 Å². The molecule has 0 unspecified atom stereocenters. The number of hydrogen-bond donors (Lipinski definition) is 3. The van der Waals surface area contributed by atoms with Crippen LogP contribution in [0.3, 0.4) is 0 Å². The maximum atomic E-state index is 12.0. The van der Waals surface area contributed by atoms with Gasteiger partial charge in [0.05, 0.1) is 16.7 Å². The fraction of sp³-hybridized carbons (Fsp3) is 0.429. The van der Waals surface area contributed by atoms with Gasteiger partial charge in [0.1, 0.15) is 0 Å². The van der Waals surface area contributed by atoms with E-state index >= 15 is 0 Å². The number of aromatic amines is 1. The molecule has 3 N–H and O–H groups in total. The highest BCUT2D eigenvalue weighted by Crippen LogP contribution is 2.22. The van der Waals surface area contributed by atoms with Crippen molar-refractivity contribution in [3.8, 4) is 0 Å². The van der Waals surface area contributed by atoms with E-state index in [-0.39, 0.29) is 23.8 Å². The number of nitrogens with zero attached hydrogens (tertiary/aromatic N) is 1. The van der Waals surface area contributed by atoms with Gasteiger partial charge in [0.25, 0.3) is 0 Å². The number of carbonyl (C=O) groups excluding carboxylic acids is 1. The van der Waals surface area contributed by atoms with Crippen molar-refractivity contribution in [3.05, 3.63) is 28.7 Å². The Morgan fingerprint density at radius 2 is 1.95 bits per heavy atom. The van der Waals surface area contributed by atoms with Gasteiger partial charge in [-0.05, 0) is 39.8 Å². The molecule has 2 amide bonds. The number of anilines is 1. The van der Waals surface area contributed by atoms with Crippen LogP contribution in [0.1, 0.15) is 33.7 Å². The molecule has 0 aliphatic rings. The van der Waals surface area contributed by atoms with E-state index in [1.807, 2.05) is 39.8 Å². The van der Waals surface area contributed by atoms with Gasteiger partial charge in [-0.2, -0.15) is 0 Å². The summed E-state index contributed by atoms with van der Waals surface area (Å²) in [6, 6.07) is 5.26. The molecular weight excluding hydrogens is 256 g/mol. The normalized spacial score (nSPS) is 11.3. The number of urea groups is 1. The van der Waals surface area contributed by atoms with E-state index in [1.165, 1.54) is 0 Å². The Morgan fingerprint density at radius 1 is 1.25 bits per heavy atom. The minimum atomic E-state index is -0.286. The Balaban J connectivity index is 2.43. The molecule has 1 aromatic heterocycles. The zero-order valence-electron chi connectivity index (χ0n) is 12.2. The maximum absolute atomic E-state index is 12.0. The summed E-state index contributed by atoms with van der Waals surface area (Å²) in [5.74, 6) is 0. The predicted octanol–water partition coefficient (Wildman–Crippen LogP) is 2.44. The average Bonchev–Trinajstić information content (AvgIpc) is 2.65. The second kappa shape index (κ2) is 5.40. The number of amides is 2. The Bertz CT molecular complexity index is 682. The lowest BCUT2D eigenvalue weighted by Crippen LogP contribution is -2.34. The van der Waals surface area contributed by atoms with Gasteiger partial charge in [0, 0.05) is 12.1 Å². The number of hydrogen-bond acceptors (Lipinski definition) is 2. The third kappa shape index (κ3) is 2.68. The van der Waals surface area contributed by atoms with E-state index in [1.54, 1.807) is 10.6 Å². The quantitative estimate of drug-likeness (QED) is 0.805. The highest BCUT2D eigenvalue weighted by atomic mass is 16.2. The van der Waals surface area contributed by atoms with E-state index in [0.717, 1.165) is 5.52 Å². The third-order valence-electron chi connectivity index (χ3n) is 2.94. The zero-order chi connectivity index (χ0) is 14.9. The lowest BCUT2D eigenvalue weighted by atomic mass is 10.2. The molecule has 0 aliphatic carbocycles. The van der Waals surface area contributed by atoms with E-state index in [9.17, 15) is 9.59 Å². The van der Waals surface area contributed by atoms with E-state index in [0.29, 0.717) is 11.2 Å². The number of para-hydroxylation sites is 1. The highest BCUT2D eigenvalue weighted by Gasteiger charge is 2.13. The number of benzene rings is 1. The minimum Gasteiger partial charge on any atom is -0.336 e. The Hall–Kier alpha value is -2.24. The minimum absolute atomic E-state index is 0.0496. The lowest BCUT2D eigenvalue weighted by Gasteiger charge is -2.11. The fourth-order valence-corrected chi connectivity index (χ4v) is 2.19. The molecule has 2 rings (SSSR count). The zero-order valence-corrected chi connectivity index (χ0v) is 12.2. The first-order valence-corrected chi connectivity index (χ1v) is 6.71. The fourth-order valence-electron chi connectivity index (χ4n) is 2.19. The second-order valence-electron chi connectivity index (χ2n) is 5.35. The van der Waals surface area contributed by atoms with Crippen molar-refractivity contribution in [2.75, 3.05) is 5.32 Å². The number of carbonyl (C=O) groups is 1. The van der Waals surface area contributed by atoms with Gasteiger partial charge in [0.15, 0.2) is 0 Å². The predicted molar refractivity (Wildman–Crippen MR) is 80.2 cm³/mol. The molecule has 6 nitrogen and oxygen atoms in total. The monoisotopic (exact) mass is 276 g/mol.